The standard InChI is InChI=1S/C7H8N4O2S/c1-2-11-4-3(14-6(8)9-4)5(12)10-7(11)13/h2H2,1H3,(H2,8,9)(H,10,12,13). The SMILES string of the molecule is CCn1c(=O)[nH]c(=O)c2sc(N)nc21. The van der Waals surface area contributed by atoms with Crippen molar-refractivity contribution in [3.05, 3.63) is 20.8 Å². The highest BCUT2D eigenvalue weighted by Gasteiger charge is 2.10. The lowest BCUT2D eigenvalue weighted by atomic mass is 10.5. The summed E-state index contributed by atoms with van der Waals surface area (Å²) in [5, 5.41) is 0.290. The third-order valence-corrected chi connectivity index (χ3v) is 2.74. The van der Waals surface area contributed by atoms with Crippen LogP contribution in [0.5, 0.6) is 0 Å². The Kier molecular flexibility index (Phi) is 1.88. The number of hydrogen-bond donors (Lipinski definition) is 2. The molecule has 0 saturated heterocycles. The quantitative estimate of drug-likeness (QED) is 0.681. The number of nitrogens with one attached hydrogen (secondary N) is 1. The summed E-state index contributed by atoms with van der Waals surface area (Å²) in [7, 11) is 0. The van der Waals surface area contributed by atoms with Gasteiger partial charge < -0.3 is 5.73 Å². The molecule has 0 radical (unpaired) electrons. The van der Waals surface area contributed by atoms with E-state index < -0.39 is 11.2 Å². The first kappa shape index (κ1) is 8.95. The van der Waals surface area contributed by atoms with Crippen LogP contribution in [0.15, 0.2) is 9.59 Å². The summed E-state index contributed by atoms with van der Waals surface area (Å²) in [6.45, 7) is 2.25. The molecular formula is C7H8N4O2S. The van der Waals surface area contributed by atoms with Crippen LogP contribution >= 0.6 is 11.3 Å². The molecule has 0 aliphatic carbocycles. The zero-order chi connectivity index (χ0) is 10.3. The Morgan fingerprint density at radius 2 is 2.29 bits per heavy atom. The van der Waals surface area contributed by atoms with E-state index >= 15 is 0 Å². The van der Waals surface area contributed by atoms with Crippen LogP contribution in [0.2, 0.25) is 0 Å². The Hall–Kier alpha value is -1.63. The molecule has 0 aromatic carbocycles. The number of rotatable bonds is 1. The van der Waals surface area contributed by atoms with Gasteiger partial charge in [-0.25, -0.2) is 9.78 Å². The Balaban J connectivity index is 3.05. The van der Waals surface area contributed by atoms with Gasteiger partial charge in [0.1, 0.15) is 4.70 Å². The minimum atomic E-state index is -0.449. The summed E-state index contributed by atoms with van der Waals surface area (Å²) < 4.78 is 1.77. The van der Waals surface area contributed by atoms with Crippen LogP contribution in [0.3, 0.4) is 0 Å². The minimum absolute atomic E-state index is 0.290. The molecule has 0 fully saturated rings. The van der Waals surface area contributed by atoms with Crippen LogP contribution < -0.4 is 17.0 Å². The lowest BCUT2D eigenvalue weighted by molar-refractivity contribution is 0.720. The zero-order valence-corrected chi connectivity index (χ0v) is 8.22. The number of aryl methyl sites for hydroxylation is 1. The van der Waals surface area contributed by atoms with Crippen LogP contribution in [-0.4, -0.2) is 14.5 Å². The summed E-state index contributed by atoms with van der Waals surface area (Å²) in [5.74, 6) is 0. The zero-order valence-electron chi connectivity index (χ0n) is 7.40. The second-order valence-electron chi connectivity index (χ2n) is 2.71. The lowest BCUT2D eigenvalue weighted by Crippen LogP contribution is -2.29. The van der Waals surface area contributed by atoms with Crippen LogP contribution in [0, 0.1) is 0 Å². The van der Waals surface area contributed by atoms with Gasteiger partial charge in [-0.1, -0.05) is 11.3 Å². The number of nitrogens with two attached hydrogens (primary N) is 1. The first-order valence-electron chi connectivity index (χ1n) is 4.02. The maximum atomic E-state index is 11.3. The van der Waals surface area contributed by atoms with Gasteiger partial charge in [-0.05, 0) is 6.92 Å². The van der Waals surface area contributed by atoms with E-state index in [0.717, 1.165) is 11.3 Å². The average molecular weight is 212 g/mol. The first-order chi connectivity index (χ1) is 6.63. The van der Waals surface area contributed by atoms with Crippen LogP contribution in [0.4, 0.5) is 5.13 Å². The number of anilines is 1. The summed E-state index contributed by atoms with van der Waals surface area (Å²) in [6.07, 6.45) is 0. The van der Waals surface area contributed by atoms with Crippen LogP contribution in [0.25, 0.3) is 10.3 Å². The molecule has 0 bridgehead atoms. The Morgan fingerprint density at radius 3 is 2.93 bits per heavy atom. The molecule has 74 valence electrons. The lowest BCUT2D eigenvalue weighted by Gasteiger charge is -1.99. The molecule has 0 amide bonds. The first-order valence-corrected chi connectivity index (χ1v) is 4.84. The van der Waals surface area contributed by atoms with Gasteiger partial charge in [-0.15, -0.1) is 0 Å². The molecule has 0 unspecified atom stereocenters. The van der Waals surface area contributed by atoms with Gasteiger partial charge >= 0.3 is 5.69 Å². The van der Waals surface area contributed by atoms with Crippen molar-refractivity contribution in [3.63, 3.8) is 0 Å². The molecule has 2 rings (SSSR count). The van der Waals surface area contributed by atoms with E-state index in [4.69, 9.17) is 5.73 Å². The Morgan fingerprint density at radius 1 is 1.57 bits per heavy atom. The second-order valence-corrected chi connectivity index (χ2v) is 3.74. The summed E-state index contributed by atoms with van der Waals surface area (Å²) in [5.41, 5.74) is 4.96. The molecule has 6 nitrogen and oxygen atoms in total. The third-order valence-electron chi connectivity index (χ3n) is 1.87. The number of hydrogen-bond acceptors (Lipinski definition) is 5. The van der Waals surface area contributed by atoms with Gasteiger partial charge in [0.2, 0.25) is 0 Å². The molecule has 0 spiro atoms. The predicted octanol–water partition coefficient (Wildman–Crippen LogP) is -0.252. The summed E-state index contributed by atoms with van der Waals surface area (Å²) in [6, 6.07) is 0. The molecule has 0 atom stereocenters. The third kappa shape index (κ3) is 1.13. The van der Waals surface area contributed by atoms with Crippen molar-refractivity contribution in [2.75, 3.05) is 5.73 Å². The smallest absolute Gasteiger partial charge is 0.330 e. The molecule has 2 heterocycles. The molecule has 0 aliphatic rings. The number of H-pyrrole nitrogens is 1. The number of aromatic amines is 1. The van der Waals surface area contributed by atoms with Crippen molar-refractivity contribution in [2.24, 2.45) is 0 Å². The van der Waals surface area contributed by atoms with Crippen molar-refractivity contribution in [2.45, 2.75) is 13.5 Å². The Bertz CT molecular complexity index is 594. The molecule has 2 aromatic rings. The van der Waals surface area contributed by atoms with Gasteiger partial charge in [0, 0.05) is 6.54 Å². The highest BCUT2D eigenvalue weighted by Crippen LogP contribution is 2.18. The number of nitrogens with zero attached hydrogens (tertiary/aromatic N) is 2. The molecule has 14 heavy (non-hydrogen) atoms. The van der Waals surface area contributed by atoms with Gasteiger partial charge in [0.05, 0.1) is 0 Å². The summed E-state index contributed by atoms with van der Waals surface area (Å²) in [4.78, 5) is 28.8. The van der Waals surface area contributed by atoms with Gasteiger partial charge in [0.15, 0.2) is 10.8 Å². The van der Waals surface area contributed by atoms with E-state index in [1.54, 1.807) is 6.92 Å². The van der Waals surface area contributed by atoms with Crippen molar-refractivity contribution < 1.29 is 0 Å². The van der Waals surface area contributed by atoms with E-state index in [-0.39, 0.29) is 0 Å². The van der Waals surface area contributed by atoms with Gasteiger partial charge in [0.25, 0.3) is 5.56 Å². The molecule has 0 aliphatic heterocycles. The predicted molar refractivity (Wildman–Crippen MR) is 54.6 cm³/mol. The van der Waals surface area contributed by atoms with Crippen molar-refractivity contribution in [3.8, 4) is 0 Å². The maximum Gasteiger partial charge on any atom is 0.330 e. The molecule has 2 aromatic heterocycles. The van der Waals surface area contributed by atoms with E-state index in [1.807, 2.05) is 0 Å². The highest BCUT2D eigenvalue weighted by molar-refractivity contribution is 7.21. The normalized spacial score (nSPS) is 10.9. The average Bonchev–Trinajstić information content (AvgIpc) is 2.48. The van der Waals surface area contributed by atoms with Gasteiger partial charge in [-0.2, -0.15) is 0 Å². The Labute approximate surface area is 82.0 Å². The fraction of sp³-hybridized carbons (Fsp3) is 0.286. The minimum Gasteiger partial charge on any atom is -0.375 e. The van der Waals surface area contributed by atoms with Gasteiger partial charge in [-0.3, -0.25) is 14.3 Å². The number of nitrogen functional groups attached to an aromatic ring is 1. The maximum absolute atomic E-state index is 11.3. The van der Waals surface area contributed by atoms with E-state index in [1.165, 1.54) is 4.57 Å². The van der Waals surface area contributed by atoms with Crippen molar-refractivity contribution in [1.82, 2.24) is 14.5 Å². The van der Waals surface area contributed by atoms with Crippen LogP contribution in [-0.2, 0) is 6.54 Å². The van der Waals surface area contributed by atoms with Crippen molar-refractivity contribution in [1.29, 1.82) is 0 Å². The summed E-state index contributed by atoms with van der Waals surface area (Å²) >= 11 is 1.08. The topological polar surface area (TPSA) is 93.8 Å². The second kappa shape index (κ2) is 2.95. The molecule has 3 N–H and O–H groups in total. The monoisotopic (exact) mass is 212 g/mol. The number of aromatic nitrogens is 3. The van der Waals surface area contributed by atoms with Crippen molar-refractivity contribution >= 4 is 26.8 Å². The molecule has 0 saturated carbocycles. The highest BCUT2D eigenvalue weighted by atomic mass is 32.1. The largest absolute Gasteiger partial charge is 0.375 e. The molecular weight excluding hydrogens is 204 g/mol. The van der Waals surface area contributed by atoms with Crippen LogP contribution in [0.1, 0.15) is 6.92 Å². The fourth-order valence-corrected chi connectivity index (χ4v) is 2.00. The van der Waals surface area contributed by atoms with E-state index in [2.05, 4.69) is 9.97 Å². The van der Waals surface area contributed by atoms with E-state index in [0.29, 0.717) is 22.0 Å². The number of thiazole rings is 1. The van der Waals surface area contributed by atoms with E-state index in [9.17, 15) is 9.59 Å². The molecule has 7 heteroatoms. The fourth-order valence-electron chi connectivity index (χ4n) is 1.27. The number of fused-ring (bicyclic) bond motifs is 1.